The molecule has 0 bridgehead atoms. The summed E-state index contributed by atoms with van der Waals surface area (Å²) in [6, 6.07) is 3.95. The predicted molar refractivity (Wildman–Crippen MR) is 92.1 cm³/mol. The fraction of sp³-hybridized carbons (Fsp3) is 0.562. The third-order valence-corrected chi connectivity index (χ3v) is 5.11. The van der Waals surface area contributed by atoms with Gasteiger partial charge in [0.2, 0.25) is 15.9 Å². The van der Waals surface area contributed by atoms with Gasteiger partial charge in [0.05, 0.1) is 11.9 Å². The van der Waals surface area contributed by atoms with Gasteiger partial charge >= 0.3 is 0 Å². The Morgan fingerprint density at radius 1 is 1.25 bits per heavy atom. The molecule has 1 aromatic rings. The summed E-state index contributed by atoms with van der Waals surface area (Å²) in [5.74, 6) is 0.696. The lowest BCUT2D eigenvalue weighted by molar-refractivity contribution is -0.122. The number of sulfonamides is 1. The molecule has 1 aliphatic rings. The van der Waals surface area contributed by atoms with Crippen molar-refractivity contribution in [2.45, 2.75) is 39.3 Å². The Kier molecular flexibility index (Phi) is 5.58. The van der Waals surface area contributed by atoms with Crippen molar-refractivity contribution in [1.29, 1.82) is 0 Å². The fourth-order valence-electron chi connectivity index (χ4n) is 2.44. The van der Waals surface area contributed by atoms with Crippen LogP contribution in [-0.4, -0.2) is 45.9 Å². The largest absolute Gasteiger partial charge is 0.486 e. The van der Waals surface area contributed by atoms with Gasteiger partial charge in [-0.25, -0.2) is 8.42 Å². The number of nitrogens with zero attached hydrogens (tertiary/aromatic N) is 1. The molecule has 24 heavy (non-hydrogen) atoms. The number of hydrogen-bond donors (Lipinski definition) is 1. The zero-order valence-electron chi connectivity index (χ0n) is 14.4. The summed E-state index contributed by atoms with van der Waals surface area (Å²) < 4.78 is 36.6. The first-order chi connectivity index (χ1) is 11.2. The van der Waals surface area contributed by atoms with E-state index in [1.54, 1.807) is 25.1 Å². The van der Waals surface area contributed by atoms with Crippen LogP contribution in [0, 0.1) is 0 Å². The average molecular weight is 356 g/mol. The molecule has 1 amide bonds. The van der Waals surface area contributed by atoms with Gasteiger partial charge in [-0.1, -0.05) is 6.92 Å². The first-order valence-corrected chi connectivity index (χ1v) is 9.78. The third-order valence-electron chi connectivity index (χ3n) is 3.87. The van der Waals surface area contributed by atoms with E-state index in [0.717, 1.165) is 17.0 Å². The predicted octanol–water partition coefficient (Wildman–Crippen LogP) is 1.53. The molecule has 1 aromatic carbocycles. The maximum Gasteiger partial charge on any atom is 0.243 e. The second kappa shape index (κ2) is 7.29. The molecule has 8 heteroatoms. The van der Waals surface area contributed by atoms with Crippen molar-refractivity contribution < 1.29 is 22.7 Å². The van der Waals surface area contributed by atoms with Gasteiger partial charge in [0, 0.05) is 12.1 Å². The van der Waals surface area contributed by atoms with E-state index in [2.05, 4.69) is 5.32 Å². The number of rotatable bonds is 6. The summed E-state index contributed by atoms with van der Waals surface area (Å²) in [6.45, 7) is 6.25. The standard InChI is InChI=1S/C16H24N2O5S/c1-5-11(2)17-16(19)12(3)18(24(4,20)21)13-6-7-14-15(10-13)23-9-8-22-14/h6-7,10-12H,5,8-9H2,1-4H3,(H,17,19)/t11-,12+/m1/s1. The number of hydrogen-bond acceptors (Lipinski definition) is 5. The summed E-state index contributed by atoms with van der Waals surface area (Å²) in [6.07, 6.45) is 1.85. The molecule has 1 heterocycles. The number of benzene rings is 1. The van der Waals surface area contributed by atoms with Gasteiger partial charge in [-0.15, -0.1) is 0 Å². The SMILES string of the molecule is CC[C@@H](C)NC(=O)[C@H](C)N(c1ccc2c(c1)OCCO2)S(C)(=O)=O. The maximum atomic E-state index is 12.4. The lowest BCUT2D eigenvalue weighted by atomic mass is 10.2. The van der Waals surface area contributed by atoms with Crippen LogP contribution in [0.2, 0.25) is 0 Å². The molecule has 0 fully saturated rings. The maximum absolute atomic E-state index is 12.4. The Bertz CT molecular complexity index is 704. The minimum atomic E-state index is -3.66. The zero-order chi connectivity index (χ0) is 17.9. The molecule has 0 unspecified atom stereocenters. The quantitative estimate of drug-likeness (QED) is 0.835. The van der Waals surface area contributed by atoms with Crippen LogP contribution < -0.4 is 19.1 Å². The first-order valence-electron chi connectivity index (χ1n) is 7.93. The van der Waals surface area contributed by atoms with E-state index >= 15 is 0 Å². The molecule has 7 nitrogen and oxygen atoms in total. The summed E-state index contributed by atoms with van der Waals surface area (Å²) in [7, 11) is -3.66. The van der Waals surface area contributed by atoms with Crippen LogP contribution in [-0.2, 0) is 14.8 Å². The fourth-order valence-corrected chi connectivity index (χ4v) is 3.61. The summed E-state index contributed by atoms with van der Waals surface area (Å²) >= 11 is 0. The van der Waals surface area contributed by atoms with Crippen molar-refractivity contribution in [3.63, 3.8) is 0 Å². The van der Waals surface area contributed by atoms with Gasteiger partial charge in [-0.05, 0) is 32.4 Å². The number of carbonyl (C=O) groups is 1. The number of carbonyl (C=O) groups excluding carboxylic acids is 1. The summed E-state index contributed by atoms with van der Waals surface area (Å²) in [5, 5.41) is 2.81. The Morgan fingerprint density at radius 3 is 2.46 bits per heavy atom. The Labute approximate surface area is 143 Å². The lowest BCUT2D eigenvalue weighted by Crippen LogP contribution is -2.49. The summed E-state index contributed by atoms with van der Waals surface area (Å²) in [5.41, 5.74) is 0.369. The van der Waals surface area contributed by atoms with E-state index < -0.39 is 16.1 Å². The van der Waals surface area contributed by atoms with E-state index in [1.165, 1.54) is 0 Å². The molecular formula is C16H24N2O5S. The van der Waals surface area contributed by atoms with Crippen LogP contribution in [0.3, 0.4) is 0 Å². The van der Waals surface area contributed by atoms with Gasteiger partial charge in [-0.3, -0.25) is 9.10 Å². The van der Waals surface area contributed by atoms with Crippen LogP contribution in [0.4, 0.5) is 5.69 Å². The number of ether oxygens (including phenoxy) is 2. The number of nitrogens with one attached hydrogen (secondary N) is 1. The topological polar surface area (TPSA) is 84.9 Å². The molecule has 1 aliphatic heterocycles. The van der Waals surface area contributed by atoms with Crippen LogP contribution in [0.25, 0.3) is 0 Å². The van der Waals surface area contributed by atoms with Crippen molar-refractivity contribution in [2.24, 2.45) is 0 Å². The molecule has 0 aromatic heterocycles. The van der Waals surface area contributed by atoms with Crippen molar-refractivity contribution in [3.05, 3.63) is 18.2 Å². The molecule has 1 N–H and O–H groups in total. The normalized spacial score (nSPS) is 16.2. The lowest BCUT2D eigenvalue weighted by Gasteiger charge is -2.30. The van der Waals surface area contributed by atoms with Crippen molar-refractivity contribution in [2.75, 3.05) is 23.8 Å². The van der Waals surface area contributed by atoms with E-state index in [1.807, 2.05) is 13.8 Å². The highest BCUT2D eigenvalue weighted by Gasteiger charge is 2.30. The van der Waals surface area contributed by atoms with E-state index in [9.17, 15) is 13.2 Å². The molecule has 0 aliphatic carbocycles. The van der Waals surface area contributed by atoms with Crippen LogP contribution in [0.15, 0.2) is 18.2 Å². The van der Waals surface area contributed by atoms with Crippen LogP contribution in [0.1, 0.15) is 27.2 Å². The van der Waals surface area contributed by atoms with Gasteiger partial charge in [0.1, 0.15) is 19.3 Å². The number of fused-ring (bicyclic) bond motifs is 1. The third kappa shape index (κ3) is 4.11. The van der Waals surface area contributed by atoms with E-state index in [0.29, 0.717) is 30.4 Å². The average Bonchev–Trinajstić information content (AvgIpc) is 2.53. The van der Waals surface area contributed by atoms with E-state index in [-0.39, 0.29) is 11.9 Å². The van der Waals surface area contributed by atoms with Crippen molar-refractivity contribution >= 4 is 21.6 Å². The highest BCUT2D eigenvalue weighted by Crippen LogP contribution is 2.35. The van der Waals surface area contributed by atoms with Gasteiger partial charge in [0.25, 0.3) is 0 Å². The van der Waals surface area contributed by atoms with Crippen LogP contribution in [0.5, 0.6) is 11.5 Å². The number of amides is 1. The zero-order valence-corrected chi connectivity index (χ0v) is 15.2. The molecule has 0 saturated carbocycles. The molecule has 2 rings (SSSR count). The van der Waals surface area contributed by atoms with Crippen molar-refractivity contribution in [3.8, 4) is 11.5 Å². The van der Waals surface area contributed by atoms with Gasteiger partial charge in [-0.2, -0.15) is 0 Å². The summed E-state index contributed by atoms with van der Waals surface area (Å²) in [4.78, 5) is 12.4. The Hall–Kier alpha value is -1.96. The minimum Gasteiger partial charge on any atom is -0.486 e. The smallest absolute Gasteiger partial charge is 0.243 e. The van der Waals surface area contributed by atoms with E-state index in [4.69, 9.17) is 9.47 Å². The molecule has 134 valence electrons. The minimum absolute atomic E-state index is 0.0263. The molecule has 0 spiro atoms. The van der Waals surface area contributed by atoms with Gasteiger partial charge < -0.3 is 14.8 Å². The Balaban J connectivity index is 2.34. The second-order valence-corrected chi connectivity index (χ2v) is 7.74. The van der Waals surface area contributed by atoms with Gasteiger partial charge in [0.15, 0.2) is 11.5 Å². The first kappa shape index (κ1) is 18.4. The van der Waals surface area contributed by atoms with Crippen molar-refractivity contribution in [1.82, 2.24) is 5.32 Å². The second-order valence-electron chi connectivity index (χ2n) is 5.88. The molecule has 2 atom stereocenters. The van der Waals surface area contributed by atoms with Crippen LogP contribution >= 0.6 is 0 Å². The number of anilines is 1. The molecular weight excluding hydrogens is 332 g/mol. The Morgan fingerprint density at radius 2 is 1.88 bits per heavy atom. The molecule has 0 saturated heterocycles. The monoisotopic (exact) mass is 356 g/mol. The highest BCUT2D eigenvalue weighted by atomic mass is 32.2. The highest BCUT2D eigenvalue weighted by molar-refractivity contribution is 7.92. The molecule has 0 radical (unpaired) electrons.